The zero-order chi connectivity index (χ0) is 25.9. The Morgan fingerprint density at radius 3 is 1.72 bits per heavy atom. The van der Waals surface area contributed by atoms with E-state index in [4.69, 9.17) is 9.31 Å². The standard InChI is InChI=1S/C29H32BNO5/c1-28(2)29(3,4)36-30(35-28)23-17-15-20(16-18-23)19-24(27(33)34)31-26(32)25(21-11-7-5-8-12-21)22-13-9-6-10-14-22/h5-18,24-25H,19H2,1-4H3,(H,31,32)(H,33,34)/t24-/m0/s1. The average molecular weight is 485 g/mol. The molecule has 186 valence electrons. The number of aliphatic carboxylic acids is 1. The van der Waals surface area contributed by atoms with Crippen molar-refractivity contribution in [1.82, 2.24) is 5.32 Å². The Labute approximate surface area is 212 Å². The van der Waals surface area contributed by atoms with Crippen molar-refractivity contribution in [3.63, 3.8) is 0 Å². The quantitative estimate of drug-likeness (QED) is 0.473. The van der Waals surface area contributed by atoms with Crippen LogP contribution in [-0.4, -0.2) is 41.3 Å². The van der Waals surface area contributed by atoms with Crippen LogP contribution >= 0.6 is 0 Å². The highest BCUT2D eigenvalue weighted by atomic mass is 16.7. The highest BCUT2D eigenvalue weighted by molar-refractivity contribution is 6.62. The van der Waals surface area contributed by atoms with Gasteiger partial charge in [0.25, 0.3) is 0 Å². The SMILES string of the molecule is CC1(C)OB(c2ccc(C[C@H](NC(=O)C(c3ccccc3)c3ccccc3)C(=O)O)cc2)OC1(C)C. The first kappa shape index (κ1) is 25.7. The Balaban J connectivity index is 1.49. The lowest BCUT2D eigenvalue weighted by Gasteiger charge is -2.32. The monoisotopic (exact) mass is 485 g/mol. The molecule has 0 bridgehead atoms. The van der Waals surface area contributed by atoms with E-state index in [-0.39, 0.29) is 12.3 Å². The fourth-order valence-corrected chi connectivity index (χ4v) is 4.27. The van der Waals surface area contributed by atoms with Crippen LogP contribution in [0.4, 0.5) is 0 Å². The second kappa shape index (κ2) is 10.3. The number of hydrogen-bond acceptors (Lipinski definition) is 4. The Hall–Kier alpha value is -3.42. The zero-order valence-electron chi connectivity index (χ0n) is 21.1. The van der Waals surface area contributed by atoms with Gasteiger partial charge >= 0.3 is 13.1 Å². The molecule has 3 aromatic carbocycles. The fraction of sp³-hybridized carbons (Fsp3) is 0.310. The molecule has 0 aliphatic carbocycles. The third kappa shape index (κ3) is 5.53. The molecule has 1 aliphatic heterocycles. The highest BCUT2D eigenvalue weighted by Gasteiger charge is 2.51. The van der Waals surface area contributed by atoms with Crippen LogP contribution in [-0.2, 0) is 25.3 Å². The lowest BCUT2D eigenvalue weighted by molar-refractivity contribution is -0.141. The van der Waals surface area contributed by atoms with Crippen molar-refractivity contribution in [2.75, 3.05) is 0 Å². The van der Waals surface area contributed by atoms with Gasteiger partial charge in [0.1, 0.15) is 6.04 Å². The predicted molar refractivity (Wildman–Crippen MR) is 140 cm³/mol. The van der Waals surface area contributed by atoms with Crippen molar-refractivity contribution in [1.29, 1.82) is 0 Å². The molecule has 4 rings (SSSR count). The van der Waals surface area contributed by atoms with Crippen LogP contribution < -0.4 is 10.8 Å². The van der Waals surface area contributed by atoms with Gasteiger partial charge in [-0.15, -0.1) is 0 Å². The largest absolute Gasteiger partial charge is 0.494 e. The fourth-order valence-electron chi connectivity index (χ4n) is 4.27. The van der Waals surface area contributed by atoms with Gasteiger partial charge in [0.15, 0.2) is 0 Å². The van der Waals surface area contributed by atoms with E-state index in [1.165, 1.54) is 0 Å². The number of hydrogen-bond donors (Lipinski definition) is 2. The molecule has 3 aromatic rings. The smallest absolute Gasteiger partial charge is 0.480 e. The highest BCUT2D eigenvalue weighted by Crippen LogP contribution is 2.36. The van der Waals surface area contributed by atoms with E-state index in [1.54, 1.807) is 0 Å². The van der Waals surface area contributed by atoms with Crippen LogP contribution in [0.3, 0.4) is 0 Å². The summed E-state index contributed by atoms with van der Waals surface area (Å²) in [6.07, 6.45) is 0.154. The Kier molecular flexibility index (Phi) is 7.34. The number of rotatable bonds is 8. The van der Waals surface area contributed by atoms with E-state index in [0.717, 1.165) is 22.2 Å². The van der Waals surface area contributed by atoms with Crippen molar-refractivity contribution < 1.29 is 24.0 Å². The molecule has 1 fully saturated rings. The molecule has 1 saturated heterocycles. The molecule has 2 N–H and O–H groups in total. The molecule has 7 heteroatoms. The lowest BCUT2D eigenvalue weighted by atomic mass is 9.78. The van der Waals surface area contributed by atoms with Crippen LogP contribution in [0.5, 0.6) is 0 Å². The summed E-state index contributed by atoms with van der Waals surface area (Å²) in [6, 6.07) is 25.2. The molecule has 0 radical (unpaired) electrons. The van der Waals surface area contributed by atoms with E-state index in [9.17, 15) is 14.7 Å². The van der Waals surface area contributed by atoms with Gasteiger partial charge in [-0.25, -0.2) is 4.79 Å². The first-order valence-electron chi connectivity index (χ1n) is 12.1. The van der Waals surface area contributed by atoms with Gasteiger partial charge in [-0.2, -0.15) is 0 Å². The summed E-state index contributed by atoms with van der Waals surface area (Å²) < 4.78 is 12.2. The molecule has 1 atom stereocenters. The van der Waals surface area contributed by atoms with Crippen molar-refractivity contribution in [2.24, 2.45) is 0 Å². The number of benzene rings is 3. The molecular formula is C29H32BNO5. The number of nitrogens with one attached hydrogen (secondary N) is 1. The van der Waals surface area contributed by atoms with E-state index >= 15 is 0 Å². The lowest BCUT2D eigenvalue weighted by Crippen LogP contribution is -2.44. The molecule has 0 spiro atoms. The van der Waals surface area contributed by atoms with Crippen LogP contribution in [0, 0.1) is 0 Å². The molecular weight excluding hydrogens is 453 g/mol. The summed E-state index contributed by atoms with van der Waals surface area (Å²) in [5.74, 6) is -2.05. The van der Waals surface area contributed by atoms with Crippen LogP contribution in [0.15, 0.2) is 84.9 Å². The third-order valence-corrected chi connectivity index (χ3v) is 7.09. The van der Waals surface area contributed by atoms with Gasteiger partial charge in [-0.3, -0.25) is 4.79 Å². The van der Waals surface area contributed by atoms with Gasteiger partial charge in [0.2, 0.25) is 5.91 Å². The Bertz CT molecular complexity index is 1140. The molecule has 6 nitrogen and oxygen atoms in total. The molecule has 0 saturated carbocycles. The Morgan fingerprint density at radius 2 is 1.28 bits per heavy atom. The molecule has 0 unspecified atom stereocenters. The van der Waals surface area contributed by atoms with E-state index < -0.39 is 36.2 Å². The van der Waals surface area contributed by atoms with Crippen molar-refractivity contribution in [3.05, 3.63) is 102 Å². The van der Waals surface area contributed by atoms with Gasteiger partial charge in [0, 0.05) is 6.42 Å². The minimum Gasteiger partial charge on any atom is -0.480 e. The Morgan fingerprint density at radius 1 is 0.806 bits per heavy atom. The number of carboxylic acid groups (broad SMARTS) is 1. The van der Waals surface area contributed by atoms with Crippen LogP contribution in [0.2, 0.25) is 0 Å². The summed E-state index contributed by atoms with van der Waals surface area (Å²) in [6.45, 7) is 8.00. The van der Waals surface area contributed by atoms with Gasteiger partial charge in [0.05, 0.1) is 17.1 Å². The number of amides is 1. The topological polar surface area (TPSA) is 84.9 Å². The van der Waals surface area contributed by atoms with Crippen LogP contribution in [0.1, 0.15) is 50.3 Å². The van der Waals surface area contributed by atoms with Crippen LogP contribution in [0.25, 0.3) is 0 Å². The second-order valence-corrected chi connectivity index (χ2v) is 10.2. The van der Waals surface area contributed by atoms with Gasteiger partial charge in [-0.05, 0) is 49.8 Å². The minimum atomic E-state index is -1.08. The summed E-state index contributed by atoms with van der Waals surface area (Å²) in [5.41, 5.74) is 2.38. The van der Waals surface area contributed by atoms with Gasteiger partial charge < -0.3 is 19.7 Å². The first-order chi connectivity index (χ1) is 17.1. The first-order valence-corrected chi connectivity index (χ1v) is 12.1. The molecule has 36 heavy (non-hydrogen) atoms. The van der Waals surface area contributed by atoms with Crippen molar-refractivity contribution in [2.45, 2.75) is 57.3 Å². The minimum absolute atomic E-state index is 0.154. The maximum atomic E-state index is 13.4. The van der Waals surface area contributed by atoms with E-state index in [2.05, 4.69) is 5.32 Å². The summed E-state index contributed by atoms with van der Waals surface area (Å²) >= 11 is 0. The van der Waals surface area contributed by atoms with Crippen molar-refractivity contribution >= 4 is 24.5 Å². The number of carboxylic acids is 1. The molecule has 1 amide bonds. The summed E-state index contributed by atoms with van der Waals surface area (Å²) in [4.78, 5) is 25.5. The predicted octanol–water partition coefficient (Wildman–Crippen LogP) is 3.93. The number of carbonyl (C=O) groups excluding carboxylic acids is 1. The zero-order valence-corrected chi connectivity index (χ0v) is 21.1. The molecule has 1 aliphatic rings. The summed E-state index contributed by atoms with van der Waals surface area (Å²) in [5, 5.41) is 12.7. The van der Waals surface area contributed by atoms with Crippen molar-refractivity contribution in [3.8, 4) is 0 Å². The molecule has 0 aromatic heterocycles. The normalized spacial score (nSPS) is 17.1. The number of carbonyl (C=O) groups is 2. The average Bonchev–Trinajstić information content (AvgIpc) is 3.07. The second-order valence-electron chi connectivity index (χ2n) is 10.2. The van der Waals surface area contributed by atoms with E-state index in [0.29, 0.717) is 0 Å². The summed E-state index contributed by atoms with van der Waals surface area (Å²) in [7, 11) is -0.489. The maximum absolute atomic E-state index is 13.4. The third-order valence-electron chi connectivity index (χ3n) is 7.09. The maximum Gasteiger partial charge on any atom is 0.494 e. The molecule has 1 heterocycles. The van der Waals surface area contributed by atoms with E-state index in [1.807, 2.05) is 113 Å². The van der Waals surface area contributed by atoms with Gasteiger partial charge in [-0.1, -0.05) is 84.9 Å².